The molecule has 0 bridgehead atoms. The fraction of sp³-hybridized carbons (Fsp3) is 0.517. The number of hydrogen-bond donors (Lipinski definition) is 0. The quantitative estimate of drug-likeness (QED) is 0.493. The third-order valence-corrected chi connectivity index (χ3v) is 10.4. The summed E-state index contributed by atoms with van der Waals surface area (Å²) in [6.07, 6.45) is 2.21. The monoisotopic (exact) mass is 544 g/mol. The smallest absolute Gasteiger partial charge is 0.222 e. The predicted molar refractivity (Wildman–Crippen MR) is 143 cm³/mol. The van der Waals surface area contributed by atoms with E-state index in [4.69, 9.17) is 4.74 Å². The summed E-state index contributed by atoms with van der Waals surface area (Å²) in [6, 6.07) is 13.6. The summed E-state index contributed by atoms with van der Waals surface area (Å²) in [5.74, 6) is -0.761. The number of sulfonamides is 1. The van der Waals surface area contributed by atoms with Crippen LogP contribution in [0.1, 0.15) is 67.4 Å². The second-order valence-electron chi connectivity index (χ2n) is 10.6. The molecular formula is C29H37FN2O5S. The van der Waals surface area contributed by atoms with E-state index < -0.39 is 26.5 Å². The number of ketones is 1. The standard InChI is InChI=1S/C29H37FN2O5S/c1-21-9-12-26(22-7-5-4-6-8-22)38(35,36)32(21)20-23-10-11-24(19-25(23)30)29(15-17-37-18-16-29)27(33)13-14-28(34)31(2)3/h4-8,10-11,19,21,26H,9,12-18,20H2,1-3H3/t21-,26+/m0/s1. The van der Waals surface area contributed by atoms with Crippen LogP contribution in [-0.2, 0) is 36.3 Å². The van der Waals surface area contributed by atoms with Gasteiger partial charge in [-0.3, -0.25) is 9.59 Å². The van der Waals surface area contributed by atoms with E-state index in [0.717, 1.165) is 5.56 Å². The normalized spacial score (nSPS) is 23.1. The zero-order valence-corrected chi connectivity index (χ0v) is 23.2. The Morgan fingerprint density at radius 2 is 1.74 bits per heavy atom. The van der Waals surface area contributed by atoms with E-state index >= 15 is 4.39 Å². The van der Waals surface area contributed by atoms with Gasteiger partial charge in [0.2, 0.25) is 15.9 Å². The molecule has 9 heteroatoms. The summed E-state index contributed by atoms with van der Waals surface area (Å²) in [7, 11) is -0.401. The molecule has 0 aromatic heterocycles. The second-order valence-corrected chi connectivity index (χ2v) is 12.7. The molecule has 0 saturated carbocycles. The van der Waals surface area contributed by atoms with Gasteiger partial charge in [0, 0.05) is 58.3 Å². The minimum Gasteiger partial charge on any atom is -0.381 e. The number of rotatable bonds is 8. The van der Waals surface area contributed by atoms with Crippen molar-refractivity contribution >= 4 is 21.7 Å². The van der Waals surface area contributed by atoms with Crippen LogP contribution in [0.5, 0.6) is 0 Å². The van der Waals surface area contributed by atoms with Crippen molar-refractivity contribution < 1.29 is 27.1 Å². The fourth-order valence-corrected chi connectivity index (χ4v) is 7.81. The third-order valence-electron chi connectivity index (χ3n) is 8.07. The molecule has 206 valence electrons. The Balaban J connectivity index is 1.59. The number of halogens is 1. The molecule has 2 heterocycles. The SMILES string of the molecule is C[C@H]1CC[C@H](c2ccccc2)S(=O)(=O)N1Cc1ccc(C2(C(=O)CCC(=O)N(C)C)CCOCC2)cc1F. The molecule has 0 unspecified atom stereocenters. The first-order valence-electron chi connectivity index (χ1n) is 13.2. The number of Topliss-reactive ketones (excluding diaryl/α,β-unsaturated/α-hetero) is 1. The van der Waals surface area contributed by atoms with Crippen LogP contribution >= 0.6 is 0 Å². The highest BCUT2D eigenvalue weighted by Gasteiger charge is 2.43. The molecule has 0 N–H and O–H groups in total. The number of ether oxygens (including phenoxy) is 1. The van der Waals surface area contributed by atoms with Gasteiger partial charge in [-0.2, -0.15) is 4.31 Å². The zero-order chi connectivity index (χ0) is 27.5. The Morgan fingerprint density at radius 1 is 1.05 bits per heavy atom. The lowest BCUT2D eigenvalue weighted by Gasteiger charge is -2.38. The highest BCUT2D eigenvalue weighted by Crippen LogP contribution is 2.40. The topological polar surface area (TPSA) is 84.0 Å². The molecule has 0 aliphatic carbocycles. The van der Waals surface area contributed by atoms with Crippen LogP contribution in [0.4, 0.5) is 4.39 Å². The van der Waals surface area contributed by atoms with E-state index in [0.29, 0.717) is 44.5 Å². The molecule has 1 amide bonds. The maximum atomic E-state index is 15.6. The molecule has 2 aliphatic rings. The Hall–Kier alpha value is -2.62. The van der Waals surface area contributed by atoms with Gasteiger partial charge in [-0.1, -0.05) is 42.5 Å². The Morgan fingerprint density at radius 3 is 2.37 bits per heavy atom. The number of carbonyl (C=O) groups is 2. The van der Waals surface area contributed by atoms with E-state index in [2.05, 4.69) is 0 Å². The molecule has 2 fully saturated rings. The lowest BCUT2D eigenvalue weighted by Crippen LogP contribution is -2.45. The molecule has 2 saturated heterocycles. The lowest BCUT2D eigenvalue weighted by atomic mass is 9.69. The van der Waals surface area contributed by atoms with Crippen LogP contribution in [0.3, 0.4) is 0 Å². The molecule has 0 spiro atoms. The van der Waals surface area contributed by atoms with Gasteiger partial charge in [-0.25, -0.2) is 12.8 Å². The first kappa shape index (κ1) is 28.4. The summed E-state index contributed by atoms with van der Waals surface area (Å²) in [5, 5.41) is -0.657. The van der Waals surface area contributed by atoms with Gasteiger partial charge in [0.1, 0.15) is 16.9 Å². The Labute approximate surface area is 225 Å². The van der Waals surface area contributed by atoms with Crippen molar-refractivity contribution in [1.82, 2.24) is 9.21 Å². The first-order valence-corrected chi connectivity index (χ1v) is 14.7. The fourth-order valence-electron chi connectivity index (χ4n) is 5.62. The van der Waals surface area contributed by atoms with E-state index in [-0.39, 0.29) is 42.7 Å². The summed E-state index contributed by atoms with van der Waals surface area (Å²) in [4.78, 5) is 27.0. The van der Waals surface area contributed by atoms with E-state index in [1.165, 1.54) is 15.3 Å². The summed E-state index contributed by atoms with van der Waals surface area (Å²) >= 11 is 0. The average Bonchev–Trinajstić information content (AvgIpc) is 2.90. The van der Waals surface area contributed by atoms with E-state index in [1.807, 2.05) is 37.3 Å². The van der Waals surface area contributed by atoms with Crippen LogP contribution in [-0.4, -0.2) is 62.7 Å². The van der Waals surface area contributed by atoms with Gasteiger partial charge in [-0.05, 0) is 49.8 Å². The van der Waals surface area contributed by atoms with Crippen LogP contribution < -0.4 is 0 Å². The minimum absolute atomic E-state index is 0.0691. The summed E-state index contributed by atoms with van der Waals surface area (Å²) in [5.41, 5.74) is 0.650. The highest BCUT2D eigenvalue weighted by atomic mass is 32.2. The Bertz CT molecular complexity index is 1260. The molecule has 2 aromatic carbocycles. The molecule has 2 aliphatic heterocycles. The predicted octanol–water partition coefficient (Wildman–Crippen LogP) is 4.37. The van der Waals surface area contributed by atoms with Crippen molar-refractivity contribution in [3.63, 3.8) is 0 Å². The largest absolute Gasteiger partial charge is 0.381 e. The van der Waals surface area contributed by atoms with Crippen LogP contribution in [0.15, 0.2) is 48.5 Å². The summed E-state index contributed by atoms with van der Waals surface area (Å²) < 4.78 is 49.7. The third kappa shape index (κ3) is 5.70. The molecule has 4 rings (SSSR count). The number of amides is 1. The van der Waals surface area contributed by atoms with Gasteiger partial charge in [0.25, 0.3) is 0 Å². The zero-order valence-electron chi connectivity index (χ0n) is 22.4. The maximum absolute atomic E-state index is 15.6. The first-order chi connectivity index (χ1) is 18.1. The molecule has 38 heavy (non-hydrogen) atoms. The number of benzene rings is 2. The summed E-state index contributed by atoms with van der Waals surface area (Å²) in [6.45, 7) is 2.54. The number of hydrogen-bond acceptors (Lipinski definition) is 5. The van der Waals surface area contributed by atoms with E-state index in [1.54, 1.807) is 26.2 Å². The second kappa shape index (κ2) is 11.6. The maximum Gasteiger partial charge on any atom is 0.222 e. The molecular weight excluding hydrogens is 507 g/mol. The minimum atomic E-state index is -3.70. The number of nitrogens with zero attached hydrogens (tertiary/aromatic N) is 2. The van der Waals surface area contributed by atoms with Gasteiger partial charge in [-0.15, -0.1) is 0 Å². The van der Waals surface area contributed by atoms with Gasteiger partial charge in [0.15, 0.2) is 0 Å². The van der Waals surface area contributed by atoms with Crippen molar-refractivity contribution in [3.8, 4) is 0 Å². The van der Waals surface area contributed by atoms with Crippen molar-refractivity contribution in [1.29, 1.82) is 0 Å². The van der Waals surface area contributed by atoms with Crippen LogP contribution in [0, 0.1) is 5.82 Å². The van der Waals surface area contributed by atoms with Crippen LogP contribution in [0.2, 0.25) is 0 Å². The van der Waals surface area contributed by atoms with Crippen molar-refractivity contribution in [3.05, 3.63) is 71.0 Å². The van der Waals surface area contributed by atoms with Crippen molar-refractivity contribution in [2.45, 2.75) is 68.7 Å². The van der Waals surface area contributed by atoms with E-state index in [9.17, 15) is 18.0 Å². The lowest BCUT2D eigenvalue weighted by molar-refractivity contribution is -0.134. The number of carbonyl (C=O) groups excluding carboxylic acids is 2. The highest BCUT2D eigenvalue weighted by molar-refractivity contribution is 7.89. The van der Waals surface area contributed by atoms with Gasteiger partial charge in [0.05, 0.1) is 5.41 Å². The molecule has 0 radical (unpaired) electrons. The average molecular weight is 545 g/mol. The molecule has 7 nitrogen and oxygen atoms in total. The van der Waals surface area contributed by atoms with Gasteiger partial charge < -0.3 is 9.64 Å². The van der Waals surface area contributed by atoms with Crippen LogP contribution in [0.25, 0.3) is 0 Å². The van der Waals surface area contributed by atoms with Crippen molar-refractivity contribution in [2.24, 2.45) is 0 Å². The molecule has 2 atom stereocenters. The Kier molecular flexibility index (Phi) is 8.69. The molecule has 2 aromatic rings. The van der Waals surface area contributed by atoms with Gasteiger partial charge >= 0.3 is 0 Å². The van der Waals surface area contributed by atoms with Crippen molar-refractivity contribution in [2.75, 3.05) is 27.3 Å².